The SMILES string of the molecule is CN=C(NCCOCCOC)NC(C)Cc1ccc(C)s1. The van der Waals surface area contributed by atoms with E-state index >= 15 is 0 Å². The van der Waals surface area contributed by atoms with E-state index in [0.717, 1.165) is 18.9 Å². The second-order valence-electron chi connectivity index (χ2n) is 4.87. The Morgan fingerprint density at radius 1 is 1.33 bits per heavy atom. The zero-order valence-corrected chi connectivity index (χ0v) is 14.3. The highest BCUT2D eigenvalue weighted by molar-refractivity contribution is 7.11. The van der Waals surface area contributed by atoms with Crippen LogP contribution in [0.5, 0.6) is 0 Å². The number of ether oxygens (including phenoxy) is 2. The number of rotatable bonds is 9. The molecule has 0 saturated carbocycles. The molecule has 120 valence electrons. The average molecular weight is 313 g/mol. The molecule has 5 nitrogen and oxygen atoms in total. The quantitative estimate of drug-likeness (QED) is 0.415. The number of nitrogens with one attached hydrogen (secondary N) is 2. The predicted molar refractivity (Wildman–Crippen MR) is 89.4 cm³/mol. The van der Waals surface area contributed by atoms with E-state index in [1.807, 2.05) is 11.3 Å². The first-order chi connectivity index (χ1) is 10.2. The zero-order valence-electron chi connectivity index (χ0n) is 13.4. The van der Waals surface area contributed by atoms with Crippen LogP contribution in [0.4, 0.5) is 0 Å². The smallest absolute Gasteiger partial charge is 0.191 e. The van der Waals surface area contributed by atoms with Gasteiger partial charge < -0.3 is 20.1 Å². The molecule has 0 aliphatic heterocycles. The Hall–Kier alpha value is -1.11. The van der Waals surface area contributed by atoms with Crippen molar-refractivity contribution in [2.24, 2.45) is 4.99 Å². The Bertz CT molecular complexity index is 421. The van der Waals surface area contributed by atoms with Crippen molar-refractivity contribution < 1.29 is 9.47 Å². The zero-order chi connectivity index (χ0) is 15.5. The summed E-state index contributed by atoms with van der Waals surface area (Å²) in [7, 11) is 3.45. The molecular weight excluding hydrogens is 286 g/mol. The molecule has 0 fully saturated rings. The topological polar surface area (TPSA) is 54.9 Å². The highest BCUT2D eigenvalue weighted by atomic mass is 32.1. The number of aliphatic imine (C=N–C) groups is 1. The van der Waals surface area contributed by atoms with Gasteiger partial charge in [-0.15, -0.1) is 11.3 Å². The van der Waals surface area contributed by atoms with Crippen molar-refractivity contribution in [2.45, 2.75) is 26.3 Å². The van der Waals surface area contributed by atoms with Gasteiger partial charge in [0.2, 0.25) is 0 Å². The fraction of sp³-hybridized carbons (Fsp3) is 0.667. The molecule has 1 rings (SSSR count). The number of hydrogen-bond acceptors (Lipinski definition) is 4. The van der Waals surface area contributed by atoms with Gasteiger partial charge in [-0.1, -0.05) is 0 Å². The molecule has 0 spiro atoms. The molecule has 2 N–H and O–H groups in total. The molecule has 0 saturated heterocycles. The molecule has 6 heteroatoms. The lowest BCUT2D eigenvalue weighted by atomic mass is 10.2. The minimum atomic E-state index is 0.337. The van der Waals surface area contributed by atoms with E-state index in [2.05, 4.69) is 41.6 Å². The monoisotopic (exact) mass is 313 g/mol. The van der Waals surface area contributed by atoms with Crippen molar-refractivity contribution in [1.82, 2.24) is 10.6 Å². The van der Waals surface area contributed by atoms with E-state index in [9.17, 15) is 0 Å². The lowest BCUT2D eigenvalue weighted by Gasteiger charge is -2.17. The Morgan fingerprint density at radius 2 is 2.14 bits per heavy atom. The summed E-state index contributed by atoms with van der Waals surface area (Å²) >= 11 is 1.85. The maximum Gasteiger partial charge on any atom is 0.191 e. The Kier molecular flexibility index (Phi) is 9.05. The van der Waals surface area contributed by atoms with Gasteiger partial charge in [0.1, 0.15) is 0 Å². The molecule has 1 aromatic heterocycles. The summed E-state index contributed by atoms with van der Waals surface area (Å²) in [6.07, 6.45) is 1.00. The Labute approximate surface area is 131 Å². The van der Waals surface area contributed by atoms with Crippen molar-refractivity contribution in [3.63, 3.8) is 0 Å². The summed E-state index contributed by atoms with van der Waals surface area (Å²) in [4.78, 5) is 6.98. The molecule has 1 heterocycles. The van der Waals surface area contributed by atoms with Crippen molar-refractivity contribution in [3.8, 4) is 0 Å². The molecule has 1 aromatic rings. The summed E-state index contributed by atoms with van der Waals surface area (Å²) in [6.45, 7) is 6.92. The van der Waals surface area contributed by atoms with E-state index in [0.29, 0.717) is 25.9 Å². The van der Waals surface area contributed by atoms with Crippen LogP contribution in [-0.2, 0) is 15.9 Å². The molecule has 0 radical (unpaired) electrons. The highest BCUT2D eigenvalue weighted by Crippen LogP contribution is 2.16. The standard InChI is InChI=1S/C15H27N3O2S/c1-12(11-14-6-5-13(2)21-14)18-15(16-3)17-7-8-20-10-9-19-4/h5-6,12H,7-11H2,1-4H3,(H2,16,17,18). The third-order valence-corrected chi connectivity index (χ3v) is 3.90. The normalized spacial score (nSPS) is 13.2. The van der Waals surface area contributed by atoms with Crippen LogP contribution in [-0.4, -0.2) is 52.5 Å². The lowest BCUT2D eigenvalue weighted by molar-refractivity contribution is 0.0733. The number of guanidine groups is 1. The summed E-state index contributed by atoms with van der Waals surface area (Å²) < 4.78 is 10.3. The van der Waals surface area contributed by atoms with Crippen molar-refractivity contribution in [1.29, 1.82) is 0 Å². The first kappa shape index (κ1) is 17.9. The van der Waals surface area contributed by atoms with Gasteiger partial charge in [0.15, 0.2) is 5.96 Å². The molecule has 0 aromatic carbocycles. The number of hydrogen-bond donors (Lipinski definition) is 2. The first-order valence-electron chi connectivity index (χ1n) is 7.25. The molecule has 0 aliphatic rings. The van der Waals surface area contributed by atoms with Gasteiger partial charge in [0, 0.05) is 42.9 Å². The summed E-state index contributed by atoms with van der Waals surface area (Å²) in [5.74, 6) is 0.811. The van der Waals surface area contributed by atoms with E-state index in [-0.39, 0.29) is 0 Å². The summed E-state index contributed by atoms with van der Waals surface area (Å²) in [5.41, 5.74) is 0. The van der Waals surface area contributed by atoms with Crippen LogP contribution in [0.1, 0.15) is 16.7 Å². The van der Waals surface area contributed by atoms with Crippen LogP contribution >= 0.6 is 11.3 Å². The number of methoxy groups -OCH3 is 1. The van der Waals surface area contributed by atoms with Gasteiger partial charge in [-0.2, -0.15) is 0 Å². The van der Waals surface area contributed by atoms with Crippen LogP contribution in [0.3, 0.4) is 0 Å². The van der Waals surface area contributed by atoms with Crippen LogP contribution in [0, 0.1) is 6.92 Å². The van der Waals surface area contributed by atoms with E-state index < -0.39 is 0 Å². The Balaban J connectivity index is 2.20. The van der Waals surface area contributed by atoms with Gasteiger partial charge >= 0.3 is 0 Å². The van der Waals surface area contributed by atoms with Crippen molar-refractivity contribution >= 4 is 17.3 Å². The summed E-state index contributed by atoms with van der Waals surface area (Å²) in [6, 6.07) is 4.69. The lowest BCUT2D eigenvalue weighted by Crippen LogP contribution is -2.44. The van der Waals surface area contributed by atoms with Crippen LogP contribution in [0.25, 0.3) is 0 Å². The molecule has 1 atom stereocenters. The van der Waals surface area contributed by atoms with Crippen molar-refractivity contribution in [3.05, 3.63) is 21.9 Å². The van der Waals surface area contributed by atoms with E-state index in [4.69, 9.17) is 9.47 Å². The maximum atomic E-state index is 5.40. The van der Waals surface area contributed by atoms with Gasteiger partial charge in [-0.25, -0.2) is 0 Å². The van der Waals surface area contributed by atoms with Gasteiger partial charge in [-0.3, -0.25) is 4.99 Å². The predicted octanol–water partition coefficient (Wildman–Crippen LogP) is 1.82. The van der Waals surface area contributed by atoms with E-state index in [1.54, 1.807) is 14.2 Å². The third kappa shape index (κ3) is 8.04. The molecule has 0 amide bonds. The van der Waals surface area contributed by atoms with Gasteiger partial charge in [0.05, 0.1) is 19.8 Å². The molecule has 0 bridgehead atoms. The number of nitrogens with zero attached hydrogens (tertiary/aromatic N) is 1. The maximum absolute atomic E-state index is 5.40. The third-order valence-electron chi connectivity index (χ3n) is 2.88. The fourth-order valence-corrected chi connectivity index (χ4v) is 2.88. The van der Waals surface area contributed by atoms with Gasteiger partial charge in [0.25, 0.3) is 0 Å². The molecule has 1 unspecified atom stereocenters. The molecule has 21 heavy (non-hydrogen) atoms. The largest absolute Gasteiger partial charge is 0.382 e. The minimum Gasteiger partial charge on any atom is -0.382 e. The summed E-state index contributed by atoms with van der Waals surface area (Å²) in [5, 5.41) is 6.64. The molecule has 0 aliphatic carbocycles. The van der Waals surface area contributed by atoms with E-state index in [1.165, 1.54) is 9.75 Å². The number of aryl methyl sites for hydroxylation is 1. The second-order valence-corrected chi connectivity index (χ2v) is 6.24. The first-order valence-corrected chi connectivity index (χ1v) is 8.06. The fourth-order valence-electron chi connectivity index (χ4n) is 1.86. The Morgan fingerprint density at radius 3 is 2.76 bits per heavy atom. The number of thiophene rings is 1. The van der Waals surface area contributed by atoms with Crippen LogP contribution in [0.15, 0.2) is 17.1 Å². The van der Waals surface area contributed by atoms with Crippen LogP contribution < -0.4 is 10.6 Å². The highest BCUT2D eigenvalue weighted by Gasteiger charge is 2.07. The van der Waals surface area contributed by atoms with Crippen LogP contribution in [0.2, 0.25) is 0 Å². The minimum absolute atomic E-state index is 0.337. The van der Waals surface area contributed by atoms with Gasteiger partial charge in [-0.05, 0) is 26.0 Å². The van der Waals surface area contributed by atoms with Crippen molar-refractivity contribution in [2.75, 3.05) is 40.5 Å². The molecular formula is C15H27N3O2S. The average Bonchev–Trinajstić information content (AvgIpc) is 2.86. The second kappa shape index (κ2) is 10.6.